The Labute approximate surface area is 329 Å². The number of esters is 2. The lowest BCUT2D eigenvalue weighted by molar-refractivity contribution is -0.161. The van der Waals surface area contributed by atoms with Gasteiger partial charge in [-0.3, -0.25) is 18.6 Å². The first kappa shape index (κ1) is 50.5. The molecule has 1 heterocycles. The number of carbonyl (C=O) groups excluding carboxylic acids is 2. The Hall–Kier alpha value is -1.55. The maximum absolute atomic E-state index is 12.7. The van der Waals surface area contributed by atoms with Gasteiger partial charge in [-0.15, -0.1) is 0 Å². The van der Waals surface area contributed by atoms with Gasteiger partial charge >= 0.3 is 19.8 Å². The van der Waals surface area contributed by atoms with Gasteiger partial charge in [0.2, 0.25) is 0 Å². The summed E-state index contributed by atoms with van der Waals surface area (Å²) in [5, 5.41) is 0. The molecule has 1 aliphatic rings. The Morgan fingerprint density at radius 2 is 1.17 bits per heavy atom. The highest BCUT2D eigenvalue weighted by molar-refractivity contribution is 7.47. The van der Waals surface area contributed by atoms with Gasteiger partial charge in [-0.1, -0.05) is 147 Å². The van der Waals surface area contributed by atoms with Crippen molar-refractivity contribution < 1.29 is 47.0 Å². The molecule has 1 unspecified atom stereocenters. The van der Waals surface area contributed by atoms with E-state index < -0.39 is 44.4 Å². The Bertz CT molecular complexity index is 1030. The van der Waals surface area contributed by atoms with Crippen LogP contribution in [0.2, 0.25) is 0 Å². The summed E-state index contributed by atoms with van der Waals surface area (Å²) in [7, 11) is -4.50. The van der Waals surface area contributed by atoms with Crippen molar-refractivity contribution in [2.75, 3.05) is 26.4 Å². The summed E-state index contributed by atoms with van der Waals surface area (Å²) in [6.45, 7) is 7.25. The highest BCUT2D eigenvalue weighted by Gasteiger charge is 2.35. The van der Waals surface area contributed by atoms with E-state index in [0.717, 1.165) is 57.8 Å². The minimum atomic E-state index is -4.50. The van der Waals surface area contributed by atoms with E-state index in [0.29, 0.717) is 6.42 Å². The Balaban J connectivity index is 2.35. The van der Waals surface area contributed by atoms with Gasteiger partial charge < -0.3 is 23.8 Å². The van der Waals surface area contributed by atoms with E-state index in [2.05, 4.69) is 38.2 Å². The van der Waals surface area contributed by atoms with Gasteiger partial charge in [0.25, 0.3) is 0 Å². The maximum Gasteiger partial charge on any atom is 0.472 e. The van der Waals surface area contributed by atoms with Gasteiger partial charge in [0.15, 0.2) is 11.9 Å². The van der Waals surface area contributed by atoms with E-state index >= 15 is 0 Å². The number of ether oxygens (including phenoxy) is 4. The summed E-state index contributed by atoms with van der Waals surface area (Å²) in [5.41, 5.74) is 0. The number of carbonyl (C=O) groups is 2. The third-order valence-electron chi connectivity index (χ3n) is 9.46. The second kappa shape index (κ2) is 33.6. The second-order valence-electron chi connectivity index (χ2n) is 15.3. The van der Waals surface area contributed by atoms with Crippen LogP contribution in [0.1, 0.15) is 195 Å². The van der Waals surface area contributed by atoms with Crippen LogP contribution in [0.3, 0.4) is 0 Å². The summed E-state index contributed by atoms with van der Waals surface area (Å²) in [5.74, 6) is -1.65. The molecule has 0 aromatic heterocycles. The van der Waals surface area contributed by atoms with Crippen LogP contribution < -0.4 is 0 Å². The first-order valence-electron chi connectivity index (χ1n) is 21.7. The Morgan fingerprint density at radius 1 is 0.685 bits per heavy atom. The number of phosphoric ester groups is 1. The fourth-order valence-electron chi connectivity index (χ4n) is 6.22. The average molecular weight is 787 g/mol. The van der Waals surface area contributed by atoms with Gasteiger partial charge in [0.05, 0.1) is 19.8 Å². The Morgan fingerprint density at radius 3 is 1.70 bits per heavy atom. The normalized spacial score (nSPS) is 17.3. The summed E-state index contributed by atoms with van der Waals surface area (Å²) in [6.07, 6.45) is 35.6. The molecular weight excluding hydrogens is 707 g/mol. The quantitative estimate of drug-likeness (QED) is 0.0281. The standard InChI is InChI=1S/C43H79O10P/c1-5-7-9-11-13-15-17-19-20-22-24-26-28-30-32-34-42(45)52-39(37-50-54(46,47)51-38-40-36-49-43(3,4)53-40)35-48-41(44)33-31-29-27-25-23-21-18-16-14-12-10-8-6-2/h13,15,19-20,39-40H,5-12,14,16-18,21-38H2,1-4H3,(H,46,47)/b15-13-,20-19-/t39-,40+/m1/s1. The fourth-order valence-corrected chi connectivity index (χ4v) is 7.01. The zero-order valence-corrected chi connectivity index (χ0v) is 35.6. The molecule has 0 amide bonds. The molecule has 0 aliphatic carbocycles. The maximum atomic E-state index is 12.7. The van der Waals surface area contributed by atoms with Crippen molar-refractivity contribution in [3.63, 3.8) is 0 Å². The summed E-state index contributed by atoms with van der Waals surface area (Å²) in [6, 6.07) is 0. The van der Waals surface area contributed by atoms with Crippen LogP contribution in [0.25, 0.3) is 0 Å². The monoisotopic (exact) mass is 787 g/mol. The minimum absolute atomic E-state index is 0.204. The number of hydrogen-bond donors (Lipinski definition) is 1. The van der Waals surface area contributed by atoms with Gasteiger partial charge in [0, 0.05) is 12.8 Å². The summed E-state index contributed by atoms with van der Waals surface area (Å²) >= 11 is 0. The number of rotatable bonds is 37. The number of allylic oxidation sites excluding steroid dienone is 4. The minimum Gasteiger partial charge on any atom is -0.462 e. The van der Waals surface area contributed by atoms with Gasteiger partial charge in [-0.25, -0.2) is 4.57 Å². The first-order valence-corrected chi connectivity index (χ1v) is 23.1. The number of unbranched alkanes of at least 4 members (excludes halogenated alkanes) is 20. The zero-order chi connectivity index (χ0) is 39.6. The average Bonchev–Trinajstić information content (AvgIpc) is 3.50. The predicted molar refractivity (Wildman–Crippen MR) is 217 cm³/mol. The smallest absolute Gasteiger partial charge is 0.462 e. The van der Waals surface area contributed by atoms with Crippen LogP contribution in [0.5, 0.6) is 0 Å². The summed E-state index contributed by atoms with van der Waals surface area (Å²) < 4.78 is 44.9. The molecule has 0 radical (unpaired) electrons. The van der Waals surface area contributed by atoms with Crippen molar-refractivity contribution in [3.8, 4) is 0 Å². The van der Waals surface area contributed by atoms with Crippen molar-refractivity contribution >= 4 is 19.8 Å². The third-order valence-corrected chi connectivity index (χ3v) is 10.4. The molecule has 54 heavy (non-hydrogen) atoms. The zero-order valence-electron chi connectivity index (χ0n) is 34.7. The molecule has 3 atom stereocenters. The number of phosphoric acid groups is 1. The van der Waals surface area contributed by atoms with E-state index in [4.69, 9.17) is 28.0 Å². The molecule has 1 saturated heterocycles. The molecule has 0 aromatic carbocycles. The highest BCUT2D eigenvalue weighted by Crippen LogP contribution is 2.44. The van der Waals surface area contributed by atoms with E-state index in [1.54, 1.807) is 13.8 Å². The van der Waals surface area contributed by atoms with Crippen LogP contribution in [0.4, 0.5) is 0 Å². The molecule has 316 valence electrons. The molecular formula is C43H79O10P. The van der Waals surface area contributed by atoms with E-state index in [9.17, 15) is 19.0 Å². The van der Waals surface area contributed by atoms with Crippen molar-refractivity contribution in [1.82, 2.24) is 0 Å². The SMILES string of the molecule is CCCCC/C=C\C/C=C\CCCCCCCC(=O)O[C@H](COC(=O)CCCCCCCCCCCCCCC)COP(=O)(O)OC[C@@H]1COC(C)(C)O1. The van der Waals surface area contributed by atoms with Crippen molar-refractivity contribution in [2.24, 2.45) is 0 Å². The molecule has 0 saturated carbocycles. The second-order valence-corrected chi connectivity index (χ2v) is 16.7. The molecule has 1 fully saturated rings. The molecule has 0 bridgehead atoms. The van der Waals surface area contributed by atoms with Crippen LogP contribution in [0, 0.1) is 0 Å². The van der Waals surface area contributed by atoms with Gasteiger partial charge in [-0.2, -0.15) is 0 Å². The fraction of sp³-hybridized carbons (Fsp3) is 0.860. The first-order chi connectivity index (χ1) is 26.1. The summed E-state index contributed by atoms with van der Waals surface area (Å²) in [4.78, 5) is 35.5. The van der Waals surface area contributed by atoms with Crippen LogP contribution in [-0.4, -0.2) is 61.3 Å². The molecule has 1 aliphatic heterocycles. The van der Waals surface area contributed by atoms with E-state index in [-0.39, 0.29) is 32.7 Å². The molecule has 1 rings (SSSR count). The topological polar surface area (TPSA) is 127 Å². The van der Waals surface area contributed by atoms with Gasteiger partial charge in [0.1, 0.15) is 12.7 Å². The lowest BCUT2D eigenvalue weighted by Gasteiger charge is -2.21. The van der Waals surface area contributed by atoms with Crippen molar-refractivity contribution in [3.05, 3.63) is 24.3 Å². The third kappa shape index (κ3) is 31.6. The van der Waals surface area contributed by atoms with Crippen LogP contribution in [0.15, 0.2) is 24.3 Å². The van der Waals surface area contributed by atoms with Crippen LogP contribution >= 0.6 is 7.82 Å². The Kier molecular flexibility index (Phi) is 31.4. The van der Waals surface area contributed by atoms with Crippen LogP contribution in [-0.2, 0) is 42.1 Å². The number of hydrogen-bond acceptors (Lipinski definition) is 9. The molecule has 0 spiro atoms. The van der Waals surface area contributed by atoms with Gasteiger partial charge in [-0.05, 0) is 58.8 Å². The molecule has 10 nitrogen and oxygen atoms in total. The highest BCUT2D eigenvalue weighted by atomic mass is 31.2. The molecule has 0 aromatic rings. The molecule has 11 heteroatoms. The van der Waals surface area contributed by atoms with E-state index in [1.807, 2.05) is 0 Å². The lowest BCUT2D eigenvalue weighted by atomic mass is 10.0. The van der Waals surface area contributed by atoms with E-state index in [1.165, 1.54) is 89.9 Å². The molecule has 1 N–H and O–H groups in total. The largest absolute Gasteiger partial charge is 0.472 e. The van der Waals surface area contributed by atoms with Crippen molar-refractivity contribution in [2.45, 2.75) is 213 Å². The lowest BCUT2D eigenvalue weighted by Crippen LogP contribution is -2.30. The van der Waals surface area contributed by atoms with Crippen molar-refractivity contribution in [1.29, 1.82) is 0 Å². The predicted octanol–water partition coefficient (Wildman–Crippen LogP) is 12.0.